The van der Waals surface area contributed by atoms with Gasteiger partial charge in [0.05, 0.1) is 48.5 Å². The lowest BCUT2D eigenvalue weighted by molar-refractivity contribution is 0.0697. The number of aromatic hydroxyl groups is 1. The predicted octanol–water partition coefficient (Wildman–Crippen LogP) is 4.41. The van der Waals surface area contributed by atoms with Crippen molar-refractivity contribution in [3.05, 3.63) is 113 Å². The number of aromatic carboxylic acids is 1. The van der Waals surface area contributed by atoms with Crippen LogP contribution in [0.4, 0.5) is 34.6 Å². The van der Waals surface area contributed by atoms with E-state index in [4.69, 9.17) is 15.8 Å². The molecule has 0 aliphatic rings. The molecule has 0 amide bonds. The van der Waals surface area contributed by atoms with Crippen molar-refractivity contribution in [3.8, 4) is 5.75 Å². The van der Waals surface area contributed by atoms with Crippen molar-refractivity contribution in [1.29, 1.82) is 0 Å². The van der Waals surface area contributed by atoms with E-state index in [1.54, 1.807) is 48.5 Å². The first-order valence-electron chi connectivity index (χ1n) is 18.0. The molecule has 0 radical (unpaired) electrons. The Balaban J connectivity index is 1.53. The number of carbonyl (C=O) groups is 1. The number of hydrogen-bond acceptors (Lipinski definition) is 21. The van der Waals surface area contributed by atoms with E-state index in [1.165, 1.54) is 23.1 Å². The topological polar surface area (TPSA) is 345 Å². The van der Waals surface area contributed by atoms with E-state index in [9.17, 15) is 53.2 Å². The Kier molecular flexibility index (Phi) is 16.2. The lowest BCUT2D eigenvalue weighted by Gasteiger charge is -2.23. The van der Waals surface area contributed by atoms with Crippen molar-refractivity contribution in [1.82, 2.24) is 15.0 Å². The van der Waals surface area contributed by atoms with Crippen LogP contribution >= 0.6 is 11.6 Å². The summed E-state index contributed by atoms with van der Waals surface area (Å²) in [5.41, 5.74) is 1.66. The molecule has 0 unspecified atom stereocenters. The van der Waals surface area contributed by atoms with Crippen LogP contribution in [0.3, 0.4) is 0 Å². The Morgan fingerprint density at radius 3 is 2.12 bits per heavy atom. The average Bonchev–Trinajstić information content (AvgIpc) is 3.24. The summed E-state index contributed by atoms with van der Waals surface area (Å²) in [5, 5.41) is 35.7. The lowest BCUT2D eigenvalue weighted by Crippen LogP contribution is -2.29. The van der Waals surface area contributed by atoms with E-state index in [2.05, 4.69) is 49.4 Å². The van der Waals surface area contributed by atoms with Gasteiger partial charge in [0, 0.05) is 17.8 Å². The van der Waals surface area contributed by atoms with Crippen molar-refractivity contribution in [2.75, 3.05) is 54.5 Å². The average molecular weight is 998 g/mol. The summed E-state index contributed by atoms with van der Waals surface area (Å²) < 4.78 is 121. The van der Waals surface area contributed by atoms with Crippen LogP contribution in [0.1, 0.15) is 21.5 Å². The monoisotopic (exact) mass is 997 g/mol. The SMILES string of the molecule is COS(=O)(=O)OCCS(=O)(=O)CCN(c1ccccc1)c1nc(Cl)nc(Nc2cc(S(=O)(=O)OC)cc(NN=C(N=Nc3cc(CS(=O)(=O)O)ccc3C(=O)O)c3ccccc3)c2O)n1. The Morgan fingerprint density at radius 2 is 1.49 bits per heavy atom. The molecule has 0 spiro atoms. The molecule has 346 valence electrons. The van der Waals surface area contributed by atoms with Gasteiger partial charge in [-0.25, -0.2) is 17.4 Å². The molecule has 1 aromatic heterocycles. The number of carboxylic acids is 1. The maximum absolute atomic E-state index is 13.0. The smallest absolute Gasteiger partial charge is 0.399 e. The minimum absolute atomic E-state index is 0.0163. The van der Waals surface area contributed by atoms with Crippen LogP contribution in [0, 0.1) is 0 Å². The summed E-state index contributed by atoms with van der Waals surface area (Å²) in [6.07, 6.45) is 0. The summed E-state index contributed by atoms with van der Waals surface area (Å²) >= 11 is 6.31. The van der Waals surface area contributed by atoms with Crippen LogP contribution in [0.2, 0.25) is 5.28 Å². The molecule has 0 atom stereocenters. The quantitative estimate of drug-likeness (QED) is 0.0129. The van der Waals surface area contributed by atoms with Gasteiger partial charge in [-0.1, -0.05) is 54.6 Å². The maximum Gasteiger partial charge on any atom is 0.399 e. The Bertz CT molecular complexity index is 3060. The van der Waals surface area contributed by atoms with Gasteiger partial charge in [-0.15, -0.1) is 10.2 Å². The summed E-state index contributed by atoms with van der Waals surface area (Å²) in [7, 11) is -15.7. The molecule has 0 saturated heterocycles. The number of para-hydroxylation sites is 1. The number of hydrogen-bond donors (Lipinski definition) is 5. The first-order valence-corrected chi connectivity index (χ1v) is 24.6. The molecule has 24 nitrogen and oxygen atoms in total. The van der Waals surface area contributed by atoms with Crippen LogP contribution < -0.4 is 15.6 Å². The molecule has 5 N–H and O–H groups in total. The first-order chi connectivity index (χ1) is 30.6. The first kappa shape index (κ1) is 49.8. The number of phenolic OH excluding ortho intramolecular Hbond substituents is 1. The standard InChI is InChI=1S/C36H36ClN9O15S4/c1-59-64(55,56)26-20-29(38-35-39-34(37)40-36(41-35)46(25-11-7-4-8-12-25)15-17-62(50,51)18-16-61-65(57,58)60-2)31(47)30(21-26)43-45-32(24-9-5-3-6-10-24)44-42-28-19-23(22-63(52,53)54)13-14-27(28)33(48)49/h3-14,19-21,43,47H,15-18,22H2,1-2H3,(H,48,49)(H,52,53,54)(H,38,39,40,41). The zero-order valence-corrected chi connectivity index (χ0v) is 37.6. The highest BCUT2D eigenvalue weighted by molar-refractivity contribution is 7.91. The summed E-state index contributed by atoms with van der Waals surface area (Å²) in [5.74, 6) is -5.12. The minimum Gasteiger partial charge on any atom is -0.504 e. The molecule has 29 heteroatoms. The zero-order chi connectivity index (χ0) is 47.6. The molecular formula is C36H36ClN9O15S4. The summed E-state index contributed by atoms with van der Waals surface area (Å²) in [4.78, 5) is 25.3. The van der Waals surface area contributed by atoms with Crippen molar-refractivity contribution in [3.63, 3.8) is 0 Å². The van der Waals surface area contributed by atoms with Gasteiger partial charge in [0.2, 0.25) is 23.0 Å². The van der Waals surface area contributed by atoms with Gasteiger partial charge in [-0.2, -0.15) is 45.3 Å². The second-order valence-corrected chi connectivity index (χ2v) is 20.1. The maximum atomic E-state index is 13.0. The van der Waals surface area contributed by atoms with Gasteiger partial charge in [0.15, 0.2) is 15.6 Å². The molecule has 0 bridgehead atoms. The number of carboxylic acid groups (broad SMARTS) is 1. The molecule has 4 aromatic carbocycles. The van der Waals surface area contributed by atoms with E-state index in [-0.39, 0.29) is 52.3 Å². The van der Waals surface area contributed by atoms with Crippen molar-refractivity contribution in [2.24, 2.45) is 15.3 Å². The van der Waals surface area contributed by atoms with Crippen LogP contribution in [0.5, 0.6) is 5.75 Å². The number of hydrazone groups is 1. The third-order valence-corrected chi connectivity index (χ3v) is 13.0. The van der Waals surface area contributed by atoms with Crippen LogP contribution in [0.15, 0.2) is 111 Å². The molecular weight excluding hydrogens is 962 g/mol. The zero-order valence-electron chi connectivity index (χ0n) is 33.6. The van der Waals surface area contributed by atoms with Gasteiger partial charge in [0.1, 0.15) is 17.1 Å². The molecule has 65 heavy (non-hydrogen) atoms. The molecule has 0 saturated carbocycles. The number of phenols is 1. The number of halogens is 1. The predicted molar refractivity (Wildman–Crippen MR) is 234 cm³/mol. The number of amidine groups is 1. The van der Waals surface area contributed by atoms with Crippen molar-refractivity contribution in [2.45, 2.75) is 10.6 Å². The number of nitrogens with zero attached hydrogens (tertiary/aromatic N) is 7. The number of benzene rings is 4. The second-order valence-electron chi connectivity index (χ2n) is 12.9. The lowest BCUT2D eigenvalue weighted by atomic mass is 10.1. The van der Waals surface area contributed by atoms with Crippen molar-refractivity contribution >= 4 is 98.5 Å². The Labute approximate surface area is 376 Å². The third kappa shape index (κ3) is 14.4. The van der Waals surface area contributed by atoms with E-state index < -0.39 is 91.9 Å². The minimum atomic E-state index is -4.51. The van der Waals surface area contributed by atoms with Gasteiger partial charge < -0.3 is 20.4 Å². The number of aromatic nitrogens is 3. The van der Waals surface area contributed by atoms with E-state index >= 15 is 0 Å². The van der Waals surface area contributed by atoms with Crippen LogP contribution in [-0.4, -0.2) is 114 Å². The normalized spacial score (nSPS) is 12.6. The van der Waals surface area contributed by atoms with E-state index in [0.717, 1.165) is 38.5 Å². The number of azo groups is 1. The molecule has 1 heterocycles. The van der Waals surface area contributed by atoms with Gasteiger partial charge >= 0.3 is 16.4 Å². The Hall–Kier alpha value is -6.24. The highest BCUT2D eigenvalue weighted by Gasteiger charge is 2.24. The van der Waals surface area contributed by atoms with Gasteiger partial charge in [0.25, 0.3) is 20.2 Å². The van der Waals surface area contributed by atoms with Gasteiger partial charge in [-0.05, 0) is 53.6 Å². The van der Waals surface area contributed by atoms with Crippen LogP contribution in [0.25, 0.3) is 0 Å². The molecule has 0 aliphatic heterocycles. The number of nitrogens with one attached hydrogen (secondary N) is 2. The van der Waals surface area contributed by atoms with Crippen molar-refractivity contribution < 1.29 is 65.8 Å². The fourth-order valence-electron chi connectivity index (χ4n) is 5.35. The molecule has 0 aliphatic carbocycles. The van der Waals surface area contributed by atoms with E-state index in [1.807, 2.05) is 0 Å². The molecule has 5 aromatic rings. The number of rotatable bonds is 21. The Morgan fingerprint density at radius 1 is 0.831 bits per heavy atom. The highest BCUT2D eigenvalue weighted by atomic mass is 35.5. The summed E-state index contributed by atoms with van der Waals surface area (Å²) in [6, 6.07) is 21.3. The fraction of sp³-hybridized carbons (Fsp3) is 0.194. The fourth-order valence-corrected chi connectivity index (χ4v) is 8.31. The second kappa shape index (κ2) is 21.2. The highest BCUT2D eigenvalue weighted by Crippen LogP contribution is 2.38. The molecule has 5 rings (SSSR count). The molecule has 0 fully saturated rings. The third-order valence-electron chi connectivity index (χ3n) is 8.40. The largest absolute Gasteiger partial charge is 0.504 e. The number of anilines is 5. The van der Waals surface area contributed by atoms with Crippen LogP contribution in [-0.2, 0) is 58.8 Å². The van der Waals surface area contributed by atoms with E-state index in [0.29, 0.717) is 5.69 Å². The summed E-state index contributed by atoms with van der Waals surface area (Å²) in [6.45, 7) is -1.03. The van der Waals surface area contributed by atoms with Gasteiger partial charge in [-0.3, -0.25) is 18.3 Å². The number of sulfone groups is 1.